The lowest BCUT2D eigenvalue weighted by molar-refractivity contribution is 0.0940. The van der Waals surface area contributed by atoms with Crippen molar-refractivity contribution >= 4 is 34.8 Å². The number of anilines is 1. The molecule has 0 aliphatic carbocycles. The number of hydrogen-bond acceptors (Lipinski definition) is 3. The first-order valence-corrected chi connectivity index (χ1v) is 6.70. The fraction of sp³-hybridized carbons (Fsp3) is 0.143. The summed E-state index contributed by atoms with van der Waals surface area (Å²) in [6.45, 7) is 1.88. The fourth-order valence-electron chi connectivity index (χ4n) is 1.73. The third-order valence-electron chi connectivity index (χ3n) is 2.89. The van der Waals surface area contributed by atoms with Crippen LogP contribution >= 0.6 is 23.2 Å². The Morgan fingerprint density at radius 1 is 1.25 bits per heavy atom. The number of nitrogens with zero attached hydrogens (tertiary/aromatic N) is 1. The van der Waals surface area contributed by atoms with Crippen LogP contribution in [0, 0.1) is 0 Å². The molecule has 3 N–H and O–H groups in total. The number of nitrogen functional groups attached to an aromatic ring is 1. The number of benzene rings is 1. The molecule has 0 spiro atoms. The highest BCUT2D eigenvalue weighted by molar-refractivity contribution is 6.39. The Morgan fingerprint density at radius 2 is 1.80 bits per heavy atom. The number of carbonyl (C=O) groups is 1. The van der Waals surface area contributed by atoms with Gasteiger partial charge in [0.1, 0.15) is 0 Å². The van der Waals surface area contributed by atoms with Gasteiger partial charge in [0.2, 0.25) is 0 Å². The topological polar surface area (TPSA) is 68.0 Å². The summed E-state index contributed by atoms with van der Waals surface area (Å²) in [5.41, 5.74) is 7.24. The van der Waals surface area contributed by atoms with E-state index in [4.69, 9.17) is 28.9 Å². The minimum absolute atomic E-state index is 0.152. The van der Waals surface area contributed by atoms with Crippen molar-refractivity contribution < 1.29 is 4.79 Å². The first kappa shape index (κ1) is 14.6. The summed E-state index contributed by atoms with van der Waals surface area (Å²) in [5.74, 6) is -0.266. The molecule has 0 unspecified atom stereocenters. The molecule has 0 aliphatic rings. The van der Waals surface area contributed by atoms with Gasteiger partial charge in [-0.25, -0.2) is 0 Å². The van der Waals surface area contributed by atoms with Gasteiger partial charge in [0, 0.05) is 18.0 Å². The number of rotatable bonds is 3. The number of halogens is 2. The maximum absolute atomic E-state index is 12.2. The molecular formula is C14H13Cl2N3O. The summed E-state index contributed by atoms with van der Waals surface area (Å²) < 4.78 is 0. The van der Waals surface area contributed by atoms with Crippen molar-refractivity contribution in [2.45, 2.75) is 13.0 Å². The van der Waals surface area contributed by atoms with Gasteiger partial charge in [-0.2, -0.15) is 0 Å². The Bertz CT molecular complexity index is 609. The molecule has 0 saturated heterocycles. The highest BCUT2D eigenvalue weighted by Gasteiger charge is 2.14. The number of hydrogen-bond donors (Lipinski definition) is 2. The van der Waals surface area contributed by atoms with Gasteiger partial charge in [0.25, 0.3) is 5.91 Å². The molecule has 0 radical (unpaired) electrons. The van der Waals surface area contributed by atoms with Crippen LogP contribution in [0.15, 0.2) is 36.7 Å². The van der Waals surface area contributed by atoms with Crippen molar-refractivity contribution in [1.29, 1.82) is 0 Å². The number of aromatic nitrogens is 1. The van der Waals surface area contributed by atoms with Crippen molar-refractivity contribution in [3.8, 4) is 0 Å². The largest absolute Gasteiger partial charge is 0.396 e. The summed E-state index contributed by atoms with van der Waals surface area (Å²) in [7, 11) is 0. The van der Waals surface area contributed by atoms with Gasteiger partial charge in [-0.3, -0.25) is 9.78 Å². The van der Waals surface area contributed by atoms with Crippen LogP contribution in [-0.4, -0.2) is 10.9 Å². The van der Waals surface area contributed by atoms with Crippen LogP contribution in [0.1, 0.15) is 28.9 Å². The van der Waals surface area contributed by atoms with Crippen LogP contribution in [0.3, 0.4) is 0 Å². The Hall–Kier alpha value is -1.78. The SMILES string of the molecule is C[C@@H](NC(=O)c1cc(Cl)c(N)c(Cl)c1)c1ccncc1. The molecule has 1 heterocycles. The van der Waals surface area contributed by atoms with Crippen LogP contribution in [0.2, 0.25) is 10.0 Å². The van der Waals surface area contributed by atoms with E-state index in [1.54, 1.807) is 12.4 Å². The fourth-order valence-corrected chi connectivity index (χ4v) is 2.22. The van der Waals surface area contributed by atoms with Gasteiger partial charge in [-0.1, -0.05) is 23.2 Å². The highest BCUT2D eigenvalue weighted by Crippen LogP contribution is 2.29. The van der Waals surface area contributed by atoms with Gasteiger partial charge in [0.05, 0.1) is 21.8 Å². The zero-order valence-electron chi connectivity index (χ0n) is 10.7. The van der Waals surface area contributed by atoms with Gasteiger partial charge >= 0.3 is 0 Å². The molecule has 104 valence electrons. The highest BCUT2D eigenvalue weighted by atomic mass is 35.5. The predicted molar refractivity (Wildman–Crippen MR) is 81.0 cm³/mol. The van der Waals surface area contributed by atoms with Crippen molar-refractivity contribution in [3.63, 3.8) is 0 Å². The maximum Gasteiger partial charge on any atom is 0.251 e. The minimum atomic E-state index is -0.266. The van der Waals surface area contributed by atoms with Crippen LogP contribution in [0.4, 0.5) is 5.69 Å². The van der Waals surface area contributed by atoms with E-state index in [0.29, 0.717) is 5.56 Å². The van der Waals surface area contributed by atoms with Crippen LogP contribution in [0.5, 0.6) is 0 Å². The normalized spacial score (nSPS) is 11.9. The van der Waals surface area contributed by atoms with E-state index in [1.807, 2.05) is 19.1 Å². The van der Waals surface area contributed by atoms with Gasteiger partial charge in [0.15, 0.2) is 0 Å². The number of nitrogens with one attached hydrogen (secondary N) is 1. The zero-order chi connectivity index (χ0) is 14.7. The summed E-state index contributed by atoms with van der Waals surface area (Å²) >= 11 is 11.8. The molecule has 1 aromatic heterocycles. The number of carbonyl (C=O) groups excluding carboxylic acids is 1. The molecule has 4 nitrogen and oxygen atoms in total. The maximum atomic E-state index is 12.2. The van der Waals surface area contributed by atoms with Gasteiger partial charge in [-0.05, 0) is 36.8 Å². The third kappa shape index (κ3) is 3.21. The molecule has 1 aromatic carbocycles. The molecule has 0 bridgehead atoms. The summed E-state index contributed by atoms with van der Waals surface area (Å²) in [5, 5.41) is 3.39. The molecule has 6 heteroatoms. The van der Waals surface area contributed by atoms with Crippen LogP contribution in [-0.2, 0) is 0 Å². The predicted octanol–water partition coefficient (Wildman–Crippen LogP) is 3.46. The summed E-state index contributed by atoms with van der Waals surface area (Å²) in [6, 6.07) is 6.52. The van der Waals surface area contributed by atoms with Crippen molar-refractivity contribution in [1.82, 2.24) is 10.3 Å². The van der Waals surface area contributed by atoms with Crippen molar-refractivity contribution in [2.75, 3.05) is 5.73 Å². The van der Waals surface area contributed by atoms with Crippen LogP contribution in [0.25, 0.3) is 0 Å². The second-order valence-electron chi connectivity index (χ2n) is 4.33. The van der Waals surface area contributed by atoms with E-state index in [-0.39, 0.29) is 27.7 Å². The lowest BCUT2D eigenvalue weighted by Crippen LogP contribution is -2.26. The molecule has 1 atom stereocenters. The Morgan fingerprint density at radius 3 is 2.35 bits per heavy atom. The third-order valence-corrected chi connectivity index (χ3v) is 3.52. The first-order chi connectivity index (χ1) is 9.49. The minimum Gasteiger partial charge on any atom is -0.396 e. The zero-order valence-corrected chi connectivity index (χ0v) is 12.2. The van der Waals surface area contributed by atoms with E-state index in [0.717, 1.165) is 5.56 Å². The Kier molecular flexibility index (Phi) is 4.47. The van der Waals surface area contributed by atoms with Gasteiger partial charge < -0.3 is 11.1 Å². The number of amides is 1. The first-order valence-electron chi connectivity index (χ1n) is 5.94. The lowest BCUT2D eigenvalue weighted by Gasteiger charge is -2.14. The quantitative estimate of drug-likeness (QED) is 0.853. The van der Waals surface area contributed by atoms with E-state index in [2.05, 4.69) is 10.3 Å². The molecular weight excluding hydrogens is 297 g/mol. The van der Waals surface area contributed by atoms with Gasteiger partial charge in [-0.15, -0.1) is 0 Å². The van der Waals surface area contributed by atoms with E-state index in [1.165, 1.54) is 12.1 Å². The summed E-state index contributed by atoms with van der Waals surface area (Å²) in [4.78, 5) is 16.1. The standard InChI is InChI=1S/C14H13Cl2N3O/c1-8(9-2-4-18-5-3-9)19-14(20)10-6-11(15)13(17)12(16)7-10/h2-8H,17H2,1H3,(H,19,20)/t8-/m1/s1. The van der Waals surface area contributed by atoms with Crippen LogP contribution < -0.4 is 11.1 Å². The number of nitrogens with two attached hydrogens (primary N) is 1. The molecule has 2 rings (SSSR count). The summed E-state index contributed by atoms with van der Waals surface area (Å²) in [6.07, 6.45) is 3.35. The van der Waals surface area contributed by atoms with E-state index < -0.39 is 0 Å². The monoisotopic (exact) mass is 309 g/mol. The van der Waals surface area contributed by atoms with E-state index >= 15 is 0 Å². The van der Waals surface area contributed by atoms with Crippen molar-refractivity contribution in [2.24, 2.45) is 0 Å². The van der Waals surface area contributed by atoms with Crippen molar-refractivity contribution in [3.05, 3.63) is 57.8 Å². The average molecular weight is 310 g/mol. The lowest BCUT2D eigenvalue weighted by atomic mass is 10.1. The second kappa shape index (κ2) is 6.11. The molecule has 20 heavy (non-hydrogen) atoms. The van der Waals surface area contributed by atoms with E-state index in [9.17, 15) is 4.79 Å². The molecule has 1 amide bonds. The molecule has 0 fully saturated rings. The molecule has 2 aromatic rings. The molecule has 0 saturated carbocycles. The molecule has 0 aliphatic heterocycles. The smallest absolute Gasteiger partial charge is 0.251 e. The average Bonchev–Trinajstić information content (AvgIpc) is 2.45. The Balaban J connectivity index is 2.17. The Labute approximate surface area is 126 Å². The second-order valence-corrected chi connectivity index (χ2v) is 5.14. The number of pyridine rings is 1.